The summed E-state index contributed by atoms with van der Waals surface area (Å²) in [5, 5.41) is 8.52. The summed E-state index contributed by atoms with van der Waals surface area (Å²) < 4.78 is 4.74. The topological polar surface area (TPSA) is 63.6 Å². The van der Waals surface area contributed by atoms with E-state index in [-0.39, 0.29) is 42.6 Å². The Morgan fingerprint density at radius 3 is 2.33 bits per heavy atom. The van der Waals surface area contributed by atoms with Crippen LogP contribution in [0.2, 0.25) is 0 Å². The van der Waals surface area contributed by atoms with Crippen molar-refractivity contribution in [1.29, 1.82) is 0 Å². The molecule has 0 aromatic rings. The summed E-state index contributed by atoms with van der Waals surface area (Å²) in [5.74, 6) is -2.19. The maximum atomic E-state index is 11.2. The van der Waals surface area contributed by atoms with Crippen molar-refractivity contribution in [2.45, 2.75) is 12.8 Å². The van der Waals surface area contributed by atoms with Gasteiger partial charge in [-0.05, 0) is 6.42 Å². The van der Waals surface area contributed by atoms with E-state index in [1.54, 1.807) is 0 Å². The third kappa shape index (κ3) is 8.42. The monoisotopic (exact) mass is 222 g/mol. The van der Waals surface area contributed by atoms with Crippen molar-refractivity contribution in [3.8, 4) is 0 Å². The summed E-state index contributed by atoms with van der Waals surface area (Å²) in [6, 6.07) is 0. The fourth-order valence-corrected chi connectivity index (χ4v) is 0.934. The fraction of sp³-hybridized carbons (Fsp3) is 0.400. The van der Waals surface area contributed by atoms with Crippen molar-refractivity contribution in [2.75, 3.05) is 6.61 Å². The number of aliphatic carboxylic acids is 1. The molecular formula is C10H15NaO4. The van der Waals surface area contributed by atoms with E-state index in [1.165, 1.54) is 12.2 Å². The van der Waals surface area contributed by atoms with Crippen LogP contribution >= 0.6 is 0 Å². The summed E-state index contributed by atoms with van der Waals surface area (Å²) >= 11 is 0. The van der Waals surface area contributed by atoms with Gasteiger partial charge in [0, 0.05) is 0 Å². The van der Waals surface area contributed by atoms with Gasteiger partial charge in [0.15, 0.2) is 0 Å². The van der Waals surface area contributed by atoms with E-state index >= 15 is 0 Å². The number of carboxylic acid groups (broad SMARTS) is 1. The Hall–Kier alpha value is -0.580. The molecule has 0 spiro atoms. The summed E-state index contributed by atoms with van der Waals surface area (Å²) in [7, 11) is 0. The quantitative estimate of drug-likeness (QED) is 0.392. The molecule has 80 valence electrons. The van der Waals surface area contributed by atoms with Gasteiger partial charge in [-0.15, -0.1) is 6.58 Å². The first-order valence-corrected chi connectivity index (χ1v) is 4.22. The summed E-state index contributed by atoms with van der Waals surface area (Å²) in [6.45, 7) is 6.94. The number of ether oxygens (including phenoxy) is 1. The summed E-state index contributed by atoms with van der Waals surface area (Å²) in [5.41, 5.74) is 0. The van der Waals surface area contributed by atoms with E-state index in [9.17, 15) is 9.59 Å². The van der Waals surface area contributed by atoms with Crippen molar-refractivity contribution in [3.05, 3.63) is 25.3 Å². The molecule has 0 heterocycles. The minimum atomic E-state index is -1.02. The van der Waals surface area contributed by atoms with Gasteiger partial charge in [-0.25, -0.2) is 0 Å². The van der Waals surface area contributed by atoms with Crippen LogP contribution in [0.15, 0.2) is 25.3 Å². The van der Waals surface area contributed by atoms with Crippen LogP contribution in [0.1, 0.15) is 12.8 Å². The average Bonchev–Trinajstić information content (AvgIpc) is 2.13. The van der Waals surface area contributed by atoms with Gasteiger partial charge in [0.25, 0.3) is 0 Å². The average molecular weight is 222 g/mol. The first-order chi connectivity index (χ1) is 6.61. The van der Waals surface area contributed by atoms with Crippen LogP contribution in [0.5, 0.6) is 0 Å². The van der Waals surface area contributed by atoms with Gasteiger partial charge < -0.3 is 9.84 Å². The second kappa shape index (κ2) is 9.96. The van der Waals surface area contributed by atoms with Crippen LogP contribution in [0.4, 0.5) is 0 Å². The van der Waals surface area contributed by atoms with E-state index in [4.69, 9.17) is 9.84 Å². The third-order valence-electron chi connectivity index (χ3n) is 1.55. The zero-order chi connectivity index (χ0) is 11.0. The van der Waals surface area contributed by atoms with Crippen molar-refractivity contribution >= 4 is 41.5 Å². The molecule has 0 fully saturated rings. The molecule has 0 rings (SSSR count). The normalized spacial score (nSPS) is 10.7. The molecule has 0 saturated heterocycles. The van der Waals surface area contributed by atoms with Crippen molar-refractivity contribution in [1.82, 2.24) is 0 Å². The van der Waals surface area contributed by atoms with E-state index < -0.39 is 17.9 Å². The molecule has 0 saturated carbocycles. The predicted molar refractivity (Wildman–Crippen MR) is 58.9 cm³/mol. The van der Waals surface area contributed by atoms with Crippen LogP contribution in [0, 0.1) is 5.92 Å². The molecule has 0 aromatic carbocycles. The van der Waals surface area contributed by atoms with Crippen LogP contribution < -0.4 is 0 Å². The first kappa shape index (κ1) is 16.8. The molecule has 0 radical (unpaired) electrons. The van der Waals surface area contributed by atoms with Crippen molar-refractivity contribution < 1.29 is 19.4 Å². The number of hydrogen-bond acceptors (Lipinski definition) is 3. The number of carbonyl (C=O) groups is 2. The first-order valence-electron chi connectivity index (χ1n) is 4.22. The van der Waals surface area contributed by atoms with Crippen LogP contribution in [-0.4, -0.2) is 53.2 Å². The standard InChI is InChI=1S/C10H14O4.Na.H/c1-3-5-8(7-9(11)12)10(13)14-6-4-2;;/h3-4,8H,1-2,5-7H2,(H,11,12);;. The van der Waals surface area contributed by atoms with Crippen LogP contribution in [0.25, 0.3) is 0 Å². The van der Waals surface area contributed by atoms with Gasteiger partial charge >= 0.3 is 41.5 Å². The number of hydrogen-bond donors (Lipinski definition) is 1. The van der Waals surface area contributed by atoms with E-state index in [2.05, 4.69) is 13.2 Å². The molecule has 1 unspecified atom stereocenters. The van der Waals surface area contributed by atoms with Gasteiger partial charge in [0.1, 0.15) is 6.61 Å². The molecule has 0 bridgehead atoms. The van der Waals surface area contributed by atoms with E-state index in [1.807, 2.05) is 0 Å². The maximum absolute atomic E-state index is 11.2. The molecule has 0 aromatic heterocycles. The Bertz CT molecular complexity index is 238. The summed E-state index contributed by atoms with van der Waals surface area (Å²) in [4.78, 5) is 21.6. The zero-order valence-electron chi connectivity index (χ0n) is 7.94. The van der Waals surface area contributed by atoms with Crippen molar-refractivity contribution in [3.63, 3.8) is 0 Å². The molecule has 1 N–H and O–H groups in total. The molecule has 0 aliphatic heterocycles. The number of esters is 1. The number of carbonyl (C=O) groups excluding carboxylic acids is 1. The van der Waals surface area contributed by atoms with Gasteiger partial charge in [-0.1, -0.05) is 18.7 Å². The summed E-state index contributed by atoms with van der Waals surface area (Å²) in [6.07, 6.45) is 3.01. The van der Waals surface area contributed by atoms with Gasteiger partial charge in [-0.2, -0.15) is 0 Å². The molecular weight excluding hydrogens is 207 g/mol. The third-order valence-corrected chi connectivity index (χ3v) is 1.55. The molecule has 15 heavy (non-hydrogen) atoms. The molecule has 0 aliphatic carbocycles. The number of carboxylic acids is 1. The second-order valence-corrected chi connectivity index (χ2v) is 2.74. The molecule has 5 heteroatoms. The van der Waals surface area contributed by atoms with Gasteiger partial charge in [0.2, 0.25) is 0 Å². The van der Waals surface area contributed by atoms with Crippen LogP contribution in [0.3, 0.4) is 0 Å². The van der Waals surface area contributed by atoms with E-state index in [0.717, 1.165) is 0 Å². The SMILES string of the molecule is C=CCOC(=O)C(CC=C)CC(=O)O.[NaH]. The number of allylic oxidation sites excluding steroid dienone is 1. The van der Waals surface area contributed by atoms with Crippen molar-refractivity contribution in [2.24, 2.45) is 5.92 Å². The Kier molecular flexibility index (Phi) is 11.2. The number of rotatable bonds is 7. The van der Waals surface area contributed by atoms with E-state index in [0.29, 0.717) is 6.42 Å². The fourth-order valence-electron chi connectivity index (χ4n) is 0.934. The Morgan fingerprint density at radius 2 is 1.93 bits per heavy atom. The van der Waals surface area contributed by atoms with Gasteiger partial charge in [0.05, 0.1) is 12.3 Å². The zero-order valence-corrected chi connectivity index (χ0v) is 7.94. The molecule has 0 amide bonds. The minimum absolute atomic E-state index is 0. The Balaban J connectivity index is 0. The molecule has 0 aliphatic rings. The Labute approximate surface area is 111 Å². The van der Waals surface area contributed by atoms with Crippen LogP contribution in [-0.2, 0) is 14.3 Å². The predicted octanol–water partition coefficient (Wildman–Crippen LogP) is 0.734. The second-order valence-electron chi connectivity index (χ2n) is 2.74. The Morgan fingerprint density at radius 1 is 1.33 bits per heavy atom. The van der Waals surface area contributed by atoms with Gasteiger partial charge in [-0.3, -0.25) is 9.59 Å². The molecule has 1 atom stereocenters. The molecule has 4 nitrogen and oxygen atoms in total.